The molecule has 1 aliphatic rings. The zero-order valence-corrected chi connectivity index (χ0v) is 13.0. The van der Waals surface area contributed by atoms with Crippen LogP contribution in [-0.2, 0) is 6.42 Å². The van der Waals surface area contributed by atoms with Gasteiger partial charge in [0.05, 0.1) is 0 Å². The molecule has 22 heavy (non-hydrogen) atoms. The summed E-state index contributed by atoms with van der Waals surface area (Å²) in [5.41, 5.74) is 5.63. The number of carboxylic acid groups (broad SMARTS) is 1. The van der Waals surface area contributed by atoms with Gasteiger partial charge in [-0.1, -0.05) is 36.4 Å². The average molecular weight is 297 g/mol. The van der Waals surface area contributed by atoms with Crippen LogP contribution in [0.5, 0.6) is 5.75 Å². The van der Waals surface area contributed by atoms with E-state index in [2.05, 4.69) is 26.0 Å². The average Bonchev–Trinajstić information content (AvgIpc) is 2.90. The van der Waals surface area contributed by atoms with Crippen LogP contribution in [0.2, 0.25) is 0 Å². The first-order valence-electron chi connectivity index (χ1n) is 7.30. The summed E-state index contributed by atoms with van der Waals surface area (Å²) in [5.74, 6) is 0.804. The lowest BCUT2D eigenvalue weighted by molar-refractivity contribution is 0.0610. The molecule has 0 fully saturated rings. The summed E-state index contributed by atoms with van der Waals surface area (Å²) in [4.78, 5) is 12.4. The van der Waals surface area contributed by atoms with Gasteiger partial charge in [0.25, 0.3) is 0 Å². The molecule has 0 spiro atoms. The van der Waals surface area contributed by atoms with Crippen LogP contribution in [0.1, 0.15) is 16.7 Å². The number of hydrogen-bond acceptors (Lipinski definition) is 2. The fraction of sp³-hybridized carbons (Fsp3) is 0.278. The Hall–Kier alpha value is -2.49. The van der Waals surface area contributed by atoms with Crippen LogP contribution in [0.4, 0.5) is 4.79 Å². The van der Waals surface area contributed by atoms with Gasteiger partial charge in [-0.05, 0) is 30.5 Å². The normalized spacial score (nSPS) is 16.0. The van der Waals surface area contributed by atoms with E-state index < -0.39 is 12.3 Å². The molecule has 1 amide bonds. The van der Waals surface area contributed by atoms with Crippen LogP contribution in [0, 0.1) is 13.8 Å². The fourth-order valence-corrected chi connectivity index (χ4v) is 3.03. The van der Waals surface area contributed by atoms with Gasteiger partial charge in [-0.25, -0.2) is 4.79 Å². The molecule has 0 saturated heterocycles. The summed E-state index contributed by atoms with van der Waals surface area (Å²) in [6, 6.07) is 12.3. The van der Waals surface area contributed by atoms with E-state index in [0.717, 1.165) is 22.4 Å². The lowest BCUT2D eigenvalue weighted by atomic mass is 9.93. The largest absolute Gasteiger partial charge is 0.469 e. The zero-order valence-electron chi connectivity index (χ0n) is 13.0. The zero-order chi connectivity index (χ0) is 15.9. The van der Waals surface area contributed by atoms with Crippen LogP contribution in [0.3, 0.4) is 0 Å². The van der Waals surface area contributed by atoms with Crippen LogP contribution in [-0.4, -0.2) is 29.4 Å². The Morgan fingerprint density at radius 2 is 1.82 bits per heavy atom. The first-order chi connectivity index (χ1) is 10.5. The molecule has 2 aromatic carbocycles. The second kappa shape index (κ2) is 5.37. The highest BCUT2D eigenvalue weighted by Crippen LogP contribution is 2.41. The summed E-state index contributed by atoms with van der Waals surface area (Å²) >= 11 is 0. The minimum absolute atomic E-state index is 0.460. The summed E-state index contributed by atoms with van der Waals surface area (Å²) in [6.07, 6.45) is -0.860. The molecule has 4 nitrogen and oxygen atoms in total. The summed E-state index contributed by atoms with van der Waals surface area (Å²) in [7, 11) is 1.54. The number of fused-ring (bicyclic) bond motifs is 1. The molecule has 0 radical (unpaired) electrons. The minimum atomic E-state index is -0.980. The van der Waals surface area contributed by atoms with E-state index in [0.29, 0.717) is 6.42 Å². The van der Waals surface area contributed by atoms with Crippen molar-refractivity contribution in [3.05, 3.63) is 53.1 Å². The Labute approximate surface area is 130 Å². The maximum Gasteiger partial charge on any atom is 0.409 e. The molecule has 1 atom stereocenters. The Morgan fingerprint density at radius 1 is 1.18 bits per heavy atom. The summed E-state index contributed by atoms with van der Waals surface area (Å²) < 4.78 is 5.97. The van der Waals surface area contributed by atoms with Crippen molar-refractivity contribution in [2.75, 3.05) is 7.05 Å². The van der Waals surface area contributed by atoms with E-state index in [9.17, 15) is 4.79 Å². The van der Waals surface area contributed by atoms with Crippen molar-refractivity contribution in [1.82, 2.24) is 4.90 Å². The highest BCUT2D eigenvalue weighted by molar-refractivity contribution is 5.78. The molecule has 0 saturated carbocycles. The summed E-state index contributed by atoms with van der Waals surface area (Å²) in [6.45, 7) is 4.16. The van der Waals surface area contributed by atoms with Crippen molar-refractivity contribution in [3.63, 3.8) is 0 Å². The monoisotopic (exact) mass is 297 g/mol. The molecule has 114 valence electrons. The minimum Gasteiger partial charge on any atom is -0.469 e. The SMILES string of the molecule is Cc1cccc(C)c1-c1cccc2c1OC(N(C)C(=O)O)C2. The highest BCUT2D eigenvalue weighted by Gasteiger charge is 2.31. The standard InChI is InChI=1S/C18H19NO3/c1-11-6-4-7-12(2)16(11)14-9-5-8-13-10-15(22-17(13)14)19(3)18(20)21/h4-9,15H,10H2,1-3H3,(H,20,21). The molecule has 3 rings (SSSR count). The van der Waals surface area contributed by atoms with E-state index in [4.69, 9.17) is 9.84 Å². The highest BCUT2D eigenvalue weighted by atomic mass is 16.5. The van der Waals surface area contributed by atoms with Crippen molar-refractivity contribution >= 4 is 6.09 Å². The number of likely N-dealkylation sites (N-methyl/N-ethyl adjacent to an activating group) is 1. The smallest absolute Gasteiger partial charge is 0.409 e. The number of benzene rings is 2. The number of carbonyl (C=O) groups is 1. The third-order valence-corrected chi connectivity index (χ3v) is 4.23. The Morgan fingerprint density at radius 3 is 2.45 bits per heavy atom. The first kappa shape index (κ1) is 14.4. The van der Waals surface area contributed by atoms with E-state index in [1.807, 2.05) is 24.3 Å². The second-order valence-electron chi connectivity index (χ2n) is 5.73. The van der Waals surface area contributed by atoms with Crippen molar-refractivity contribution in [1.29, 1.82) is 0 Å². The first-order valence-corrected chi connectivity index (χ1v) is 7.30. The maximum atomic E-state index is 11.1. The van der Waals surface area contributed by atoms with Crippen LogP contribution < -0.4 is 4.74 Å². The van der Waals surface area contributed by atoms with Gasteiger partial charge in [0.1, 0.15) is 5.75 Å². The maximum absolute atomic E-state index is 11.1. The number of nitrogens with zero attached hydrogens (tertiary/aromatic N) is 1. The predicted molar refractivity (Wildman–Crippen MR) is 85.3 cm³/mol. The van der Waals surface area contributed by atoms with Crippen LogP contribution >= 0.6 is 0 Å². The van der Waals surface area contributed by atoms with Crippen LogP contribution in [0.15, 0.2) is 36.4 Å². The number of hydrogen-bond donors (Lipinski definition) is 1. The summed E-state index contributed by atoms with van der Waals surface area (Å²) in [5, 5.41) is 9.14. The van der Waals surface area contributed by atoms with Gasteiger partial charge < -0.3 is 9.84 Å². The third kappa shape index (κ3) is 2.30. The number of rotatable bonds is 2. The second-order valence-corrected chi connectivity index (χ2v) is 5.73. The Kier molecular flexibility index (Phi) is 3.53. The van der Waals surface area contributed by atoms with Gasteiger partial charge in [0.15, 0.2) is 6.23 Å². The van der Waals surface area contributed by atoms with Gasteiger partial charge in [-0.15, -0.1) is 0 Å². The molecule has 0 aromatic heterocycles. The fourth-order valence-electron chi connectivity index (χ4n) is 3.03. The van der Waals surface area contributed by atoms with Crippen molar-refractivity contribution in [2.45, 2.75) is 26.5 Å². The molecule has 0 aliphatic carbocycles. The number of ether oxygens (including phenoxy) is 1. The van der Waals surface area contributed by atoms with E-state index in [1.165, 1.54) is 23.1 Å². The number of aryl methyl sites for hydroxylation is 2. The van der Waals surface area contributed by atoms with Gasteiger partial charge in [-0.3, -0.25) is 4.90 Å². The van der Waals surface area contributed by atoms with Crippen molar-refractivity contribution in [2.24, 2.45) is 0 Å². The molecule has 1 aliphatic heterocycles. The molecule has 4 heteroatoms. The Balaban J connectivity index is 2.06. The van der Waals surface area contributed by atoms with Gasteiger partial charge in [0, 0.05) is 24.6 Å². The number of amides is 1. The molecule has 1 heterocycles. The predicted octanol–water partition coefficient (Wildman–Crippen LogP) is 3.84. The molecular weight excluding hydrogens is 278 g/mol. The van der Waals surface area contributed by atoms with Gasteiger partial charge >= 0.3 is 6.09 Å². The third-order valence-electron chi connectivity index (χ3n) is 4.23. The van der Waals surface area contributed by atoms with Crippen LogP contribution in [0.25, 0.3) is 11.1 Å². The van der Waals surface area contributed by atoms with Gasteiger partial charge in [-0.2, -0.15) is 0 Å². The number of para-hydroxylation sites is 1. The van der Waals surface area contributed by atoms with E-state index >= 15 is 0 Å². The van der Waals surface area contributed by atoms with Crippen molar-refractivity contribution in [3.8, 4) is 16.9 Å². The molecule has 0 bridgehead atoms. The lowest BCUT2D eigenvalue weighted by Gasteiger charge is -2.21. The molecule has 1 unspecified atom stereocenters. The molecule has 1 N–H and O–H groups in total. The quantitative estimate of drug-likeness (QED) is 0.916. The Bertz CT molecular complexity index is 719. The van der Waals surface area contributed by atoms with Gasteiger partial charge in [0.2, 0.25) is 0 Å². The molecule has 2 aromatic rings. The van der Waals surface area contributed by atoms with E-state index in [-0.39, 0.29) is 0 Å². The lowest BCUT2D eigenvalue weighted by Crippen LogP contribution is -2.38. The topological polar surface area (TPSA) is 49.8 Å². The van der Waals surface area contributed by atoms with Crippen molar-refractivity contribution < 1.29 is 14.6 Å². The molecular formula is C18H19NO3. The van der Waals surface area contributed by atoms with E-state index in [1.54, 1.807) is 0 Å².